The molecule has 2 aromatic heterocycles. The molecule has 134 valence electrons. The minimum atomic E-state index is -0.178. The molecule has 1 aliphatic rings. The summed E-state index contributed by atoms with van der Waals surface area (Å²) in [5.74, 6) is 0.493. The number of carbonyl (C=O) groups excluding carboxylic acids is 1. The molecule has 0 saturated heterocycles. The zero-order valence-corrected chi connectivity index (χ0v) is 17.1. The summed E-state index contributed by atoms with van der Waals surface area (Å²) in [5.41, 5.74) is 11.1. The maximum absolute atomic E-state index is 12.8. The third-order valence-corrected chi connectivity index (χ3v) is 6.58. The number of amides is 1. The Kier molecular flexibility index (Phi) is 4.49. The predicted octanol–water partition coefficient (Wildman–Crippen LogP) is 5.33. The Morgan fingerprint density at radius 2 is 2.19 bits per heavy atom. The maximum Gasteiger partial charge on any atom is 0.267 e. The zero-order chi connectivity index (χ0) is 18.4. The van der Waals surface area contributed by atoms with Gasteiger partial charge in [0.15, 0.2) is 0 Å². The van der Waals surface area contributed by atoms with Crippen molar-refractivity contribution in [3.8, 4) is 0 Å². The predicted molar refractivity (Wildman–Crippen MR) is 112 cm³/mol. The van der Waals surface area contributed by atoms with Gasteiger partial charge in [0.1, 0.15) is 9.71 Å². The third-order valence-electron chi connectivity index (χ3n) is 4.97. The van der Waals surface area contributed by atoms with Crippen molar-refractivity contribution in [2.24, 2.45) is 5.92 Å². The SMILES string of the molecule is Cc1cc(Br)ccc1NC(=O)c1sc2nc3c(cc2c1N)CC(C)CC3. The molecule has 1 aromatic carbocycles. The van der Waals surface area contributed by atoms with E-state index in [9.17, 15) is 4.79 Å². The number of nitrogens with zero attached hydrogens (tertiary/aromatic N) is 1. The van der Waals surface area contributed by atoms with Gasteiger partial charge in [-0.05, 0) is 67.5 Å². The number of carbonyl (C=O) groups is 1. The van der Waals surface area contributed by atoms with Crippen molar-refractivity contribution in [1.82, 2.24) is 4.98 Å². The fourth-order valence-electron chi connectivity index (χ4n) is 3.49. The topological polar surface area (TPSA) is 68.0 Å². The molecular formula is C20H20BrN3OS. The Morgan fingerprint density at radius 3 is 2.96 bits per heavy atom. The van der Waals surface area contributed by atoms with Crippen LogP contribution in [0, 0.1) is 12.8 Å². The van der Waals surface area contributed by atoms with Crippen molar-refractivity contribution in [2.45, 2.75) is 33.1 Å². The molecule has 0 aliphatic heterocycles. The smallest absolute Gasteiger partial charge is 0.267 e. The molecule has 2 heterocycles. The number of anilines is 2. The molecule has 0 radical (unpaired) electrons. The number of thiophene rings is 1. The van der Waals surface area contributed by atoms with Crippen LogP contribution in [0.5, 0.6) is 0 Å². The van der Waals surface area contributed by atoms with Crippen LogP contribution in [0.25, 0.3) is 10.2 Å². The van der Waals surface area contributed by atoms with E-state index >= 15 is 0 Å². The Morgan fingerprint density at radius 1 is 1.38 bits per heavy atom. The zero-order valence-electron chi connectivity index (χ0n) is 14.7. The van der Waals surface area contributed by atoms with E-state index < -0.39 is 0 Å². The molecule has 6 heteroatoms. The summed E-state index contributed by atoms with van der Waals surface area (Å²) in [5, 5.41) is 3.88. The van der Waals surface area contributed by atoms with E-state index in [2.05, 4.69) is 34.2 Å². The first-order valence-electron chi connectivity index (χ1n) is 8.70. The number of aryl methyl sites for hydroxylation is 2. The van der Waals surface area contributed by atoms with Crippen LogP contribution >= 0.6 is 27.3 Å². The number of nitrogens with two attached hydrogens (primary N) is 1. The van der Waals surface area contributed by atoms with Gasteiger partial charge in [-0.1, -0.05) is 22.9 Å². The molecule has 3 N–H and O–H groups in total. The van der Waals surface area contributed by atoms with Gasteiger partial charge in [0, 0.05) is 21.2 Å². The van der Waals surface area contributed by atoms with E-state index in [0.717, 1.165) is 44.5 Å². The lowest BCUT2D eigenvalue weighted by Gasteiger charge is -2.20. The molecule has 4 nitrogen and oxygen atoms in total. The van der Waals surface area contributed by atoms with Crippen molar-refractivity contribution >= 4 is 54.8 Å². The highest BCUT2D eigenvalue weighted by molar-refractivity contribution is 9.10. The van der Waals surface area contributed by atoms with Gasteiger partial charge in [0.05, 0.1) is 5.69 Å². The fraction of sp³-hybridized carbons (Fsp3) is 0.300. The van der Waals surface area contributed by atoms with E-state index in [0.29, 0.717) is 16.5 Å². The van der Waals surface area contributed by atoms with Crippen LogP contribution in [0.4, 0.5) is 11.4 Å². The van der Waals surface area contributed by atoms with Crippen LogP contribution in [0.1, 0.15) is 39.8 Å². The monoisotopic (exact) mass is 429 g/mol. The van der Waals surface area contributed by atoms with Crippen LogP contribution in [0.3, 0.4) is 0 Å². The van der Waals surface area contributed by atoms with Gasteiger partial charge in [-0.3, -0.25) is 4.79 Å². The highest BCUT2D eigenvalue weighted by Crippen LogP contribution is 2.36. The number of pyridine rings is 1. The van der Waals surface area contributed by atoms with Crippen LogP contribution in [0.15, 0.2) is 28.7 Å². The normalized spacial score (nSPS) is 16.5. The lowest BCUT2D eigenvalue weighted by atomic mass is 9.87. The van der Waals surface area contributed by atoms with Gasteiger partial charge in [0.2, 0.25) is 0 Å². The number of halogens is 1. The first kappa shape index (κ1) is 17.5. The van der Waals surface area contributed by atoms with E-state index in [1.54, 1.807) is 0 Å². The molecular weight excluding hydrogens is 410 g/mol. The number of rotatable bonds is 2. The molecule has 0 spiro atoms. The van der Waals surface area contributed by atoms with Crippen LogP contribution < -0.4 is 11.1 Å². The standard InChI is InChI=1S/C20H20BrN3OS/c1-10-3-5-16-12(7-10)9-14-17(22)18(26-20(14)24-16)19(25)23-15-6-4-13(21)8-11(15)2/h4,6,8-10H,3,5,7,22H2,1-2H3,(H,23,25). The summed E-state index contributed by atoms with van der Waals surface area (Å²) in [6.07, 6.45) is 3.21. The Bertz CT molecular complexity index is 1030. The summed E-state index contributed by atoms with van der Waals surface area (Å²) in [6, 6.07) is 7.91. The molecule has 1 unspecified atom stereocenters. The second-order valence-electron chi connectivity index (χ2n) is 7.05. The molecule has 3 aromatic rings. The van der Waals surface area contributed by atoms with Gasteiger partial charge >= 0.3 is 0 Å². The number of hydrogen-bond acceptors (Lipinski definition) is 4. The number of hydrogen-bond donors (Lipinski definition) is 2. The summed E-state index contributed by atoms with van der Waals surface area (Å²) < 4.78 is 0.985. The van der Waals surface area contributed by atoms with Crippen LogP contribution in [-0.4, -0.2) is 10.9 Å². The van der Waals surface area contributed by atoms with Crippen molar-refractivity contribution in [2.75, 3.05) is 11.1 Å². The van der Waals surface area contributed by atoms with Gasteiger partial charge in [-0.25, -0.2) is 4.98 Å². The van der Waals surface area contributed by atoms with Gasteiger partial charge in [0.25, 0.3) is 5.91 Å². The average molecular weight is 430 g/mol. The number of nitrogens with one attached hydrogen (secondary N) is 1. The molecule has 0 bridgehead atoms. The van der Waals surface area contributed by atoms with Gasteiger partial charge in [-0.2, -0.15) is 0 Å². The summed E-state index contributed by atoms with van der Waals surface area (Å²) in [6.45, 7) is 4.23. The minimum absolute atomic E-state index is 0.178. The molecule has 26 heavy (non-hydrogen) atoms. The quantitative estimate of drug-likeness (QED) is 0.578. The number of nitrogen functional groups attached to an aromatic ring is 1. The number of benzene rings is 1. The van der Waals surface area contributed by atoms with E-state index in [1.807, 2.05) is 25.1 Å². The second kappa shape index (κ2) is 6.67. The van der Waals surface area contributed by atoms with Crippen molar-refractivity contribution in [3.63, 3.8) is 0 Å². The fourth-order valence-corrected chi connectivity index (χ4v) is 4.95. The van der Waals surface area contributed by atoms with Crippen molar-refractivity contribution < 1.29 is 4.79 Å². The number of fused-ring (bicyclic) bond motifs is 2. The molecule has 1 atom stereocenters. The maximum atomic E-state index is 12.8. The van der Waals surface area contributed by atoms with Gasteiger partial charge in [-0.15, -0.1) is 11.3 Å². The number of aromatic nitrogens is 1. The molecule has 1 aliphatic carbocycles. The molecule has 1 amide bonds. The lowest BCUT2D eigenvalue weighted by molar-refractivity contribution is 0.103. The Labute approximate surface area is 164 Å². The van der Waals surface area contributed by atoms with Crippen LogP contribution in [-0.2, 0) is 12.8 Å². The second-order valence-corrected chi connectivity index (χ2v) is 8.97. The first-order valence-corrected chi connectivity index (χ1v) is 10.3. The minimum Gasteiger partial charge on any atom is -0.397 e. The molecule has 4 rings (SSSR count). The van der Waals surface area contributed by atoms with E-state index in [1.165, 1.54) is 23.3 Å². The average Bonchev–Trinajstić information content (AvgIpc) is 2.92. The van der Waals surface area contributed by atoms with Crippen LogP contribution in [0.2, 0.25) is 0 Å². The van der Waals surface area contributed by atoms with E-state index in [-0.39, 0.29) is 5.91 Å². The lowest BCUT2D eigenvalue weighted by Crippen LogP contribution is -2.13. The highest BCUT2D eigenvalue weighted by atomic mass is 79.9. The summed E-state index contributed by atoms with van der Waals surface area (Å²) in [4.78, 5) is 19.0. The summed E-state index contributed by atoms with van der Waals surface area (Å²) in [7, 11) is 0. The first-order chi connectivity index (χ1) is 12.4. The largest absolute Gasteiger partial charge is 0.397 e. The highest BCUT2D eigenvalue weighted by Gasteiger charge is 2.22. The third kappa shape index (κ3) is 3.12. The molecule has 0 saturated carbocycles. The van der Waals surface area contributed by atoms with Gasteiger partial charge < -0.3 is 11.1 Å². The van der Waals surface area contributed by atoms with Crippen molar-refractivity contribution in [3.05, 3.63) is 50.4 Å². The Hall–Kier alpha value is -1.92. The molecule has 0 fully saturated rings. The Balaban J connectivity index is 1.70. The van der Waals surface area contributed by atoms with Crippen molar-refractivity contribution in [1.29, 1.82) is 0 Å². The van der Waals surface area contributed by atoms with E-state index in [4.69, 9.17) is 10.7 Å². The summed E-state index contributed by atoms with van der Waals surface area (Å²) >= 11 is 4.82.